The third-order valence-corrected chi connectivity index (χ3v) is 4.11. The Kier molecular flexibility index (Phi) is 5.00. The van der Waals surface area contributed by atoms with E-state index in [1.807, 2.05) is 36.0 Å². The molecule has 1 aliphatic carbocycles. The van der Waals surface area contributed by atoms with E-state index in [9.17, 15) is 10.2 Å². The second-order valence-corrected chi connectivity index (χ2v) is 5.65. The van der Waals surface area contributed by atoms with Crippen LogP contribution in [0.5, 0.6) is 0 Å². The van der Waals surface area contributed by atoms with Gasteiger partial charge in [-0.3, -0.25) is 4.90 Å². The molecule has 0 radical (unpaired) electrons. The molecule has 5 nitrogen and oxygen atoms in total. The molecule has 2 rings (SSSR count). The van der Waals surface area contributed by atoms with E-state index < -0.39 is 0 Å². The molecular formula is C16H25N3O2. The molecule has 2 unspecified atom stereocenters. The molecule has 0 fully saturated rings. The van der Waals surface area contributed by atoms with E-state index in [-0.39, 0.29) is 24.8 Å². The number of hydrogen-bond donors (Lipinski definition) is 3. The van der Waals surface area contributed by atoms with Gasteiger partial charge in [-0.05, 0) is 24.6 Å². The number of hydrogen-bond acceptors (Lipinski definition) is 4. The Labute approximate surface area is 126 Å². The van der Waals surface area contributed by atoms with Crippen molar-refractivity contribution in [3.8, 4) is 0 Å². The summed E-state index contributed by atoms with van der Waals surface area (Å²) in [6.07, 6.45) is 8.18. The topological polar surface area (TPSA) is 74.6 Å². The lowest BCUT2D eigenvalue weighted by molar-refractivity contribution is 0.114. The summed E-state index contributed by atoms with van der Waals surface area (Å²) in [5.74, 6) is 0. The molecule has 0 aliphatic heterocycles. The average Bonchev–Trinajstić information content (AvgIpc) is 2.88. The summed E-state index contributed by atoms with van der Waals surface area (Å²) in [5, 5.41) is 18.5. The van der Waals surface area contributed by atoms with E-state index in [0.717, 1.165) is 11.3 Å². The van der Waals surface area contributed by atoms with Gasteiger partial charge in [-0.2, -0.15) is 0 Å². The van der Waals surface area contributed by atoms with Gasteiger partial charge in [0.15, 0.2) is 0 Å². The normalized spacial score (nSPS) is 25.4. The van der Waals surface area contributed by atoms with Crippen LogP contribution in [0, 0.1) is 0 Å². The summed E-state index contributed by atoms with van der Waals surface area (Å²) in [5.41, 5.74) is 8.01. The van der Waals surface area contributed by atoms with Gasteiger partial charge < -0.3 is 20.5 Å². The van der Waals surface area contributed by atoms with Crippen molar-refractivity contribution in [1.82, 2.24) is 9.47 Å². The number of β-amino-alcohol motifs (C(OH)–C–C–N with tert-alkyl or cyclic N) is 2. The van der Waals surface area contributed by atoms with Crippen molar-refractivity contribution in [2.75, 3.05) is 26.3 Å². The van der Waals surface area contributed by atoms with Gasteiger partial charge in [0.25, 0.3) is 0 Å². The predicted octanol–water partition coefficient (Wildman–Crippen LogP) is 0.351. The van der Waals surface area contributed by atoms with Crippen molar-refractivity contribution in [2.24, 2.45) is 12.8 Å². The maximum absolute atomic E-state index is 9.26. The number of aromatic nitrogens is 1. The van der Waals surface area contributed by atoms with Crippen molar-refractivity contribution in [2.45, 2.75) is 18.5 Å². The first kappa shape index (κ1) is 16.0. The van der Waals surface area contributed by atoms with Gasteiger partial charge in [-0.1, -0.05) is 18.2 Å². The van der Waals surface area contributed by atoms with Gasteiger partial charge in [0.05, 0.1) is 18.8 Å². The van der Waals surface area contributed by atoms with Gasteiger partial charge in [0.2, 0.25) is 0 Å². The van der Waals surface area contributed by atoms with Crippen LogP contribution in [-0.2, 0) is 7.05 Å². The molecule has 5 heteroatoms. The lowest BCUT2D eigenvalue weighted by atomic mass is 9.86. The molecule has 0 amide bonds. The number of rotatable bonds is 6. The van der Waals surface area contributed by atoms with E-state index in [1.54, 1.807) is 0 Å². The van der Waals surface area contributed by atoms with Crippen molar-refractivity contribution in [1.29, 1.82) is 0 Å². The fourth-order valence-corrected chi connectivity index (χ4v) is 2.90. The molecule has 116 valence electrons. The van der Waals surface area contributed by atoms with Crippen LogP contribution >= 0.6 is 0 Å². The Morgan fingerprint density at radius 3 is 2.52 bits per heavy atom. The predicted molar refractivity (Wildman–Crippen MR) is 84.7 cm³/mol. The van der Waals surface area contributed by atoms with E-state index >= 15 is 0 Å². The fourth-order valence-electron chi connectivity index (χ4n) is 2.90. The molecular weight excluding hydrogens is 266 g/mol. The van der Waals surface area contributed by atoms with Gasteiger partial charge >= 0.3 is 0 Å². The van der Waals surface area contributed by atoms with Crippen molar-refractivity contribution < 1.29 is 10.2 Å². The van der Waals surface area contributed by atoms with E-state index in [4.69, 9.17) is 5.73 Å². The first-order chi connectivity index (χ1) is 10.0. The Balaban J connectivity index is 2.37. The minimum Gasteiger partial charge on any atom is -0.395 e. The molecule has 1 heterocycles. The minimum absolute atomic E-state index is 0.0583. The van der Waals surface area contributed by atoms with Crippen molar-refractivity contribution in [3.05, 3.63) is 42.3 Å². The molecule has 1 aromatic rings. The molecule has 0 saturated carbocycles. The van der Waals surface area contributed by atoms with Crippen LogP contribution in [0.2, 0.25) is 0 Å². The molecule has 4 N–H and O–H groups in total. The van der Waals surface area contributed by atoms with Crippen LogP contribution in [0.25, 0.3) is 5.57 Å². The second-order valence-electron chi connectivity index (χ2n) is 5.65. The lowest BCUT2D eigenvalue weighted by Gasteiger charge is -2.40. The second kappa shape index (κ2) is 6.58. The summed E-state index contributed by atoms with van der Waals surface area (Å²) >= 11 is 0. The number of nitrogens with two attached hydrogens (primary N) is 1. The Bertz CT molecular complexity index is 529. The summed E-state index contributed by atoms with van der Waals surface area (Å²) in [6.45, 7) is 3.20. The zero-order valence-electron chi connectivity index (χ0n) is 12.7. The highest BCUT2D eigenvalue weighted by Crippen LogP contribution is 2.31. The van der Waals surface area contributed by atoms with Gasteiger partial charge in [-0.25, -0.2) is 0 Å². The third kappa shape index (κ3) is 3.27. The van der Waals surface area contributed by atoms with Crippen LogP contribution in [0.3, 0.4) is 0 Å². The Morgan fingerprint density at radius 2 is 2.00 bits per heavy atom. The highest BCUT2D eigenvalue weighted by atomic mass is 16.3. The Hall–Kier alpha value is -1.40. The maximum Gasteiger partial charge on any atom is 0.0558 e. The molecule has 1 aliphatic rings. The van der Waals surface area contributed by atoms with Crippen molar-refractivity contribution in [3.63, 3.8) is 0 Å². The molecule has 0 saturated heterocycles. The maximum atomic E-state index is 9.26. The molecule has 21 heavy (non-hydrogen) atoms. The van der Waals surface area contributed by atoms with Crippen LogP contribution in [0.1, 0.15) is 12.6 Å². The summed E-state index contributed by atoms with van der Waals surface area (Å²) in [7, 11) is 2.00. The zero-order chi connectivity index (χ0) is 15.5. The first-order valence-electron chi connectivity index (χ1n) is 7.28. The molecule has 0 bridgehead atoms. The number of nitrogens with zero attached hydrogens (tertiary/aromatic N) is 2. The number of aliphatic hydroxyl groups is 2. The largest absolute Gasteiger partial charge is 0.395 e. The van der Waals surface area contributed by atoms with Gasteiger partial charge in [0, 0.05) is 38.1 Å². The van der Waals surface area contributed by atoms with E-state index in [0.29, 0.717) is 13.1 Å². The van der Waals surface area contributed by atoms with Crippen molar-refractivity contribution >= 4 is 5.57 Å². The third-order valence-electron chi connectivity index (χ3n) is 4.11. The SMILES string of the molecule is Cn1cccc1C1=CC(C)(N(CCO)CCO)C=CC1N. The smallest absolute Gasteiger partial charge is 0.0558 e. The fraction of sp³-hybridized carbons (Fsp3) is 0.500. The van der Waals surface area contributed by atoms with Crippen LogP contribution < -0.4 is 5.73 Å². The molecule has 0 aromatic carbocycles. The average molecular weight is 291 g/mol. The molecule has 2 atom stereocenters. The highest BCUT2D eigenvalue weighted by molar-refractivity contribution is 5.72. The van der Waals surface area contributed by atoms with Crippen LogP contribution in [0.15, 0.2) is 36.6 Å². The van der Waals surface area contributed by atoms with E-state index in [2.05, 4.69) is 24.0 Å². The first-order valence-corrected chi connectivity index (χ1v) is 7.28. The number of aryl methyl sites for hydroxylation is 1. The highest BCUT2D eigenvalue weighted by Gasteiger charge is 2.31. The van der Waals surface area contributed by atoms with Gasteiger partial charge in [-0.15, -0.1) is 0 Å². The summed E-state index contributed by atoms with van der Waals surface area (Å²) in [4.78, 5) is 2.05. The van der Waals surface area contributed by atoms with Crippen LogP contribution in [-0.4, -0.2) is 57.6 Å². The summed E-state index contributed by atoms with van der Waals surface area (Å²) in [6, 6.07) is 3.91. The standard InChI is InChI=1S/C16H25N3O2/c1-16(19(8-10-20)9-11-21)6-5-14(17)13(12-16)15-4-3-7-18(15)2/h3-7,12,14,20-21H,8-11,17H2,1-2H3. The molecule has 1 aromatic heterocycles. The number of aliphatic hydroxyl groups excluding tert-OH is 2. The molecule has 0 spiro atoms. The van der Waals surface area contributed by atoms with E-state index in [1.165, 1.54) is 0 Å². The van der Waals surface area contributed by atoms with Crippen LogP contribution in [0.4, 0.5) is 0 Å². The lowest BCUT2D eigenvalue weighted by Crippen LogP contribution is -2.48. The summed E-state index contributed by atoms with van der Waals surface area (Å²) < 4.78 is 2.05. The minimum atomic E-state index is -0.360. The van der Waals surface area contributed by atoms with Gasteiger partial charge in [0.1, 0.15) is 0 Å². The quantitative estimate of drug-likeness (QED) is 0.661. The zero-order valence-corrected chi connectivity index (χ0v) is 12.7. The Morgan fingerprint density at radius 1 is 1.33 bits per heavy atom. The monoisotopic (exact) mass is 291 g/mol.